The first-order valence-electron chi connectivity index (χ1n) is 11.7. The molecular weight excluding hydrogens is 455 g/mol. The molecule has 1 heterocycles. The van der Waals surface area contributed by atoms with Gasteiger partial charge in [-0.2, -0.15) is 13.2 Å². The van der Waals surface area contributed by atoms with E-state index in [0.29, 0.717) is 34.3 Å². The fourth-order valence-electron chi connectivity index (χ4n) is 4.53. The van der Waals surface area contributed by atoms with Gasteiger partial charge in [0.2, 0.25) is 0 Å². The number of rotatable bonds is 7. The second kappa shape index (κ2) is 10.8. The maximum atomic E-state index is 13.4. The molecule has 1 aliphatic rings. The number of aldehydes is 1. The first-order valence-corrected chi connectivity index (χ1v) is 11.7. The van der Waals surface area contributed by atoms with Crippen molar-refractivity contribution < 1.29 is 22.7 Å². The van der Waals surface area contributed by atoms with E-state index < -0.39 is 12.7 Å². The highest BCUT2D eigenvalue weighted by Gasteiger charge is 2.30. The molecule has 0 radical (unpaired) electrons. The molecule has 184 valence electrons. The lowest BCUT2D eigenvalue weighted by molar-refractivity contribution is -0.140. The Hall–Kier alpha value is -3.60. The van der Waals surface area contributed by atoms with E-state index in [2.05, 4.69) is 22.5 Å². The SMILES string of the molecule is COc1cc(C=O)ccc1NCC#Cc1cc2c(NC3CCCCC3)cccc2n1CC(F)(F)F. The van der Waals surface area contributed by atoms with Gasteiger partial charge in [0.15, 0.2) is 0 Å². The summed E-state index contributed by atoms with van der Waals surface area (Å²) in [5.74, 6) is 6.32. The van der Waals surface area contributed by atoms with Crippen molar-refractivity contribution >= 4 is 28.6 Å². The molecular formula is C27H28F3N3O2. The molecule has 1 aliphatic carbocycles. The lowest BCUT2D eigenvalue weighted by Gasteiger charge is -2.24. The summed E-state index contributed by atoms with van der Waals surface area (Å²) in [6, 6.07) is 12.4. The lowest BCUT2D eigenvalue weighted by Crippen LogP contribution is -2.22. The van der Waals surface area contributed by atoms with Gasteiger partial charge in [0.05, 0.1) is 30.6 Å². The van der Waals surface area contributed by atoms with Gasteiger partial charge < -0.3 is 19.9 Å². The number of nitrogens with one attached hydrogen (secondary N) is 2. The molecule has 2 N–H and O–H groups in total. The Morgan fingerprint density at radius 3 is 2.63 bits per heavy atom. The molecule has 4 rings (SSSR count). The number of alkyl halides is 3. The summed E-state index contributed by atoms with van der Waals surface area (Å²) in [7, 11) is 1.50. The molecule has 1 saturated carbocycles. The van der Waals surface area contributed by atoms with Crippen LogP contribution in [0.5, 0.6) is 5.75 Å². The number of carbonyl (C=O) groups excluding carboxylic acids is 1. The number of anilines is 2. The average Bonchev–Trinajstić information content (AvgIpc) is 3.19. The zero-order valence-electron chi connectivity index (χ0n) is 19.5. The van der Waals surface area contributed by atoms with E-state index >= 15 is 0 Å². The van der Waals surface area contributed by atoms with E-state index in [1.807, 2.05) is 6.07 Å². The molecule has 8 heteroatoms. The average molecular weight is 484 g/mol. The highest BCUT2D eigenvalue weighted by atomic mass is 19.4. The predicted octanol–water partition coefficient (Wildman–Crippen LogP) is 6.23. The van der Waals surface area contributed by atoms with Crippen LogP contribution in [0.1, 0.15) is 48.2 Å². The van der Waals surface area contributed by atoms with Crippen LogP contribution in [-0.2, 0) is 6.54 Å². The van der Waals surface area contributed by atoms with Crippen LogP contribution in [0.4, 0.5) is 24.5 Å². The van der Waals surface area contributed by atoms with Gasteiger partial charge >= 0.3 is 6.18 Å². The van der Waals surface area contributed by atoms with Crippen molar-refractivity contribution in [1.82, 2.24) is 4.57 Å². The number of methoxy groups -OCH3 is 1. The molecule has 3 aromatic rings. The van der Waals surface area contributed by atoms with Crippen LogP contribution in [0.2, 0.25) is 0 Å². The van der Waals surface area contributed by atoms with Crippen LogP contribution in [-0.4, -0.2) is 36.7 Å². The third kappa shape index (κ3) is 6.10. The Kier molecular flexibility index (Phi) is 7.54. The third-order valence-corrected chi connectivity index (χ3v) is 6.19. The quantitative estimate of drug-likeness (QED) is 0.309. The highest BCUT2D eigenvalue weighted by Crippen LogP contribution is 2.32. The van der Waals surface area contributed by atoms with E-state index in [-0.39, 0.29) is 6.54 Å². The van der Waals surface area contributed by atoms with Crippen LogP contribution in [0.3, 0.4) is 0 Å². The Morgan fingerprint density at radius 2 is 1.91 bits per heavy atom. The molecule has 1 fully saturated rings. The minimum absolute atomic E-state index is 0.192. The Labute approximate surface area is 202 Å². The first-order chi connectivity index (χ1) is 16.9. The number of fused-ring (bicyclic) bond motifs is 1. The monoisotopic (exact) mass is 483 g/mol. The van der Waals surface area contributed by atoms with Gasteiger partial charge in [0.25, 0.3) is 0 Å². The van der Waals surface area contributed by atoms with E-state index in [0.717, 1.165) is 43.0 Å². The minimum Gasteiger partial charge on any atom is -0.495 e. The van der Waals surface area contributed by atoms with Crippen molar-refractivity contribution in [1.29, 1.82) is 0 Å². The van der Waals surface area contributed by atoms with E-state index in [1.54, 1.807) is 36.4 Å². The third-order valence-electron chi connectivity index (χ3n) is 6.19. The molecule has 0 spiro atoms. The topological polar surface area (TPSA) is 55.3 Å². The summed E-state index contributed by atoms with van der Waals surface area (Å²) in [6.45, 7) is -0.917. The highest BCUT2D eigenvalue weighted by molar-refractivity contribution is 5.94. The zero-order chi connectivity index (χ0) is 24.8. The zero-order valence-corrected chi connectivity index (χ0v) is 19.5. The van der Waals surface area contributed by atoms with Crippen LogP contribution in [0.15, 0.2) is 42.5 Å². The number of ether oxygens (including phenoxy) is 1. The second-order valence-electron chi connectivity index (χ2n) is 8.68. The van der Waals surface area contributed by atoms with E-state index in [1.165, 1.54) is 18.1 Å². The first kappa shape index (κ1) is 24.5. The molecule has 5 nitrogen and oxygen atoms in total. The minimum atomic E-state index is -4.37. The van der Waals surface area contributed by atoms with E-state index in [4.69, 9.17) is 4.74 Å². The summed E-state index contributed by atoms with van der Waals surface area (Å²) < 4.78 is 46.8. The molecule has 0 bridgehead atoms. The summed E-state index contributed by atoms with van der Waals surface area (Å²) >= 11 is 0. The number of nitrogens with zero attached hydrogens (tertiary/aromatic N) is 1. The van der Waals surface area contributed by atoms with Gasteiger partial charge in [-0.25, -0.2) is 0 Å². The second-order valence-corrected chi connectivity index (χ2v) is 8.68. The largest absolute Gasteiger partial charge is 0.495 e. The van der Waals surface area contributed by atoms with Crippen molar-refractivity contribution in [2.45, 2.75) is 50.9 Å². The number of halogens is 3. The van der Waals surface area contributed by atoms with Crippen molar-refractivity contribution in [3.8, 4) is 17.6 Å². The van der Waals surface area contributed by atoms with Gasteiger partial charge in [-0.15, -0.1) is 0 Å². The normalized spacial score (nSPS) is 14.3. The molecule has 0 aliphatic heterocycles. The fourth-order valence-corrected chi connectivity index (χ4v) is 4.53. The van der Waals surface area contributed by atoms with Crippen molar-refractivity contribution in [3.05, 3.63) is 53.7 Å². The number of hydrogen-bond donors (Lipinski definition) is 2. The molecule has 0 saturated heterocycles. The van der Waals surface area contributed by atoms with Crippen LogP contribution in [0.25, 0.3) is 10.9 Å². The van der Waals surface area contributed by atoms with Crippen molar-refractivity contribution in [3.63, 3.8) is 0 Å². The van der Waals surface area contributed by atoms with Crippen LogP contribution in [0, 0.1) is 11.8 Å². The number of aromatic nitrogens is 1. The maximum absolute atomic E-state index is 13.4. The van der Waals surface area contributed by atoms with Gasteiger partial charge in [0.1, 0.15) is 18.6 Å². The summed E-state index contributed by atoms with van der Waals surface area (Å²) in [6.07, 6.45) is 2.03. The lowest BCUT2D eigenvalue weighted by atomic mass is 9.95. The molecule has 0 amide bonds. The molecule has 0 unspecified atom stereocenters. The van der Waals surface area contributed by atoms with Gasteiger partial charge in [-0.1, -0.05) is 31.2 Å². The smallest absolute Gasteiger partial charge is 0.406 e. The summed E-state index contributed by atoms with van der Waals surface area (Å²) in [5, 5.41) is 7.38. The summed E-state index contributed by atoms with van der Waals surface area (Å²) in [4.78, 5) is 11.0. The van der Waals surface area contributed by atoms with Gasteiger partial charge in [-0.05, 0) is 55.2 Å². The number of carbonyl (C=O) groups is 1. The van der Waals surface area contributed by atoms with Crippen LogP contribution < -0.4 is 15.4 Å². The maximum Gasteiger partial charge on any atom is 0.406 e. The molecule has 2 aromatic carbocycles. The van der Waals surface area contributed by atoms with Gasteiger partial charge in [0, 0.05) is 22.7 Å². The molecule has 1 aromatic heterocycles. The molecule has 35 heavy (non-hydrogen) atoms. The number of benzene rings is 2. The molecule has 0 atom stereocenters. The number of hydrogen-bond acceptors (Lipinski definition) is 4. The Morgan fingerprint density at radius 1 is 1.11 bits per heavy atom. The van der Waals surface area contributed by atoms with Crippen molar-refractivity contribution in [2.75, 3.05) is 24.3 Å². The standard InChI is InChI=1S/C27H28F3N3O2/c1-35-26-15-19(17-34)12-13-24(26)31-14-6-9-21-16-22-23(32-20-7-3-2-4-8-20)10-5-11-25(22)33(21)18-27(28,29)30/h5,10-13,15-17,20,31-32H,2-4,7-8,14,18H2,1H3. The fraction of sp³-hybridized carbons (Fsp3) is 0.370. The van der Waals surface area contributed by atoms with Crippen molar-refractivity contribution in [2.24, 2.45) is 0 Å². The summed E-state index contributed by atoms with van der Waals surface area (Å²) in [5.41, 5.74) is 2.78. The predicted molar refractivity (Wildman–Crippen MR) is 132 cm³/mol. The van der Waals surface area contributed by atoms with E-state index in [9.17, 15) is 18.0 Å². The Balaban J connectivity index is 1.60. The Bertz CT molecular complexity index is 1250. The van der Waals surface area contributed by atoms with Crippen LogP contribution >= 0.6 is 0 Å². The van der Waals surface area contributed by atoms with Gasteiger partial charge in [-0.3, -0.25) is 4.79 Å².